The SMILES string of the molecule is O=S(=O)(NC1CC1)c1ccccc1N1CC[C@H]2CNC[C@H]21. The minimum atomic E-state index is -3.41. The van der Waals surface area contributed by atoms with Gasteiger partial charge in [0, 0.05) is 31.7 Å². The molecule has 1 aliphatic carbocycles. The van der Waals surface area contributed by atoms with Crippen LogP contribution in [-0.2, 0) is 10.0 Å². The van der Waals surface area contributed by atoms with Crippen LogP contribution in [0.5, 0.6) is 0 Å². The number of benzene rings is 1. The number of nitrogens with one attached hydrogen (secondary N) is 2. The normalized spacial score (nSPS) is 28.9. The maximum absolute atomic E-state index is 12.6. The summed E-state index contributed by atoms with van der Waals surface area (Å²) in [6.07, 6.45) is 3.06. The highest BCUT2D eigenvalue weighted by Crippen LogP contribution is 2.36. The molecule has 2 saturated heterocycles. The largest absolute Gasteiger partial charge is 0.366 e. The number of fused-ring (bicyclic) bond motifs is 1. The molecule has 0 radical (unpaired) electrons. The third kappa shape index (κ3) is 2.45. The summed E-state index contributed by atoms with van der Waals surface area (Å²) < 4.78 is 28.0. The fourth-order valence-electron chi connectivity index (χ4n) is 3.55. The van der Waals surface area contributed by atoms with E-state index in [0.717, 1.165) is 44.6 Å². The zero-order chi connectivity index (χ0) is 14.4. The van der Waals surface area contributed by atoms with E-state index in [1.165, 1.54) is 0 Å². The molecule has 0 bridgehead atoms. The van der Waals surface area contributed by atoms with Gasteiger partial charge in [0.1, 0.15) is 4.90 Å². The molecule has 1 saturated carbocycles. The second kappa shape index (κ2) is 4.97. The summed E-state index contributed by atoms with van der Waals surface area (Å²) in [6, 6.07) is 8.00. The molecule has 0 spiro atoms. The summed E-state index contributed by atoms with van der Waals surface area (Å²) in [5.41, 5.74) is 0.863. The highest BCUT2D eigenvalue weighted by Gasteiger charge is 2.39. The van der Waals surface area contributed by atoms with Crippen LogP contribution in [0.1, 0.15) is 19.3 Å². The highest BCUT2D eigenvalue weighted by atomic mass is 32.2. The molecule has 0 amide bonds. The fourth-order valence-corrected chi connectivity index (χ4v) is 5.07. The molecule has 0 aromatic heterocycles. The van der Waals surface area contributed by atoms with Gasteiger partial charge in [-0.1, -0.05) is 12.1 Å². The van der Waals surface area contributed by atoms with Crippen LogP contribution in [0.15, 0.2) is 29.2 Å². The Morgan fingerprint density at radius 1 is 1.14 bits per heavy atom. The number of hydrogen-bond donors (Lipinski definition) is 2. The zero-order valence-electron chi connectivity index (χ0n) is 12.0. The van der Waals surface area contributed by atoms with Crippen molar-refractivity contribution in [1.29, 1.82) is 0 Å². The molecule has 3 fully saturated rings. The first-order valence-electron chi connectivity index (χ1n) is 7.74. The molecule has 1 aromatic carbocycles. The van der Waals surface area contributed by atoms with Crippen molar-refractivity contribution < 1.29 is 8.42 Å². The van der Waals surface area contributed by atoms with E-state index in [1.807, 2.05) is 18.2 Å². The lowest BCUT2D eigenvalue weighted by atomic mass is 10.1. The average molecular weight is 307 g/mol. The fraction of sp³-hybridized carbons (Fsp3) is 0.600. The quantitative estimate of drug-likeness (QED) is 0.868. The number of rotatable bonds is 4. The van der Waals surface area contributed by atoms with Gasteiger partial charge in [-0.25, -0.2) is 13.1 Å². The molecule has 0 unspecified atom stereocenters. The first-order chi connectivity index (χ1) is 10.1. The van der Waals surface area contributed by atoms with Crippen LogP contribution in [-0.4, -0.2) is 40.1 Å². The third-order valence-electron chi connectivity index (χ3n) is 4.81. The maximum Gasteiger partial charge on any atom is 0.242 e. The lowest BCUT2D eigenvalue weighted by molar-refractivity contribution is 0.573. The van der Waals surface area contributed by atoms with Crippen LogP contribution in [0.4, 0.5) is 5.69 Å². The van der Waals surface area contributed by atoms with E-state index in [2.05, 4.69) is 14.9 Å². The van der Waals surface area contributed by atoms with Gasteiger partial charge in [-0.15, -0.1) is 0 Å². The third-order valence-corrected chi connectivity index (χ3v) is 6.38. The van der Waals surface area contributed by atoms with Crippen LogP contribution >= 0.6 is 0 Å². The monoisotopic (exact) mass is 307 g/mol. The van der Waals surface area contributed by atoms with E-state index in [1.54, 1.807) is 6.07 Å². The standard InChI is InChI=1S/C15H21N3O2S/c19-21(20,17-12-5-6-12)15-4-2-1-3-13(15)18-8-7-11-9-16-10-14(11)18/h1-4,11-12,14,16-17H,5-10H2/t11-,14+/m0/s1. The second-order valence-electron chi connectivity index (χ2n) is 6.33. The second-order valence-corrected chi connectivity index (χ2v) is 8.01. The van der Waals surface area contributed by atoms with Crippen LogP contribution in [0, 0.1) is 5.92 Å². The van der Waals surface area contributed by atoms with Gasteiger partial charge in [0.05, 0.1) is 5.69 Å². The van der Waals surface area contributed by atoms with E-state index >= 15 is 0 Å². The van der Waals surface area contributed by atoms with Crippen molar-refractivity contribution in [3.8, 4) is 0 Å². The van der Waals surface area contributed by atoms with Gasteiger partial charge < -0.3 is 10.2 Å². The molecule has 21 heavy (non-hydrogen) atoms. The minimum absolute atomic E-state index is 0.141. The predicted molar refractivity (Wildman–Crippen MR) is 81.9 cm³/mol. The van der Waals surface area contributed by atoms with Crippen molar-refractivity contribution in [3.05, 3.63) is 24.3 Å². The minimum Gasteiger partial charge on any atom is -0.366 e. The van der Waals surface area contributed by atoms with E-state index in [0.29, 0.717) is 16.9 Å². The summed E-state index contributed by atoms with van der Waals surface area (Å²) in [5, 5.41) is 3.42. The van der Waals surface area contributed by atoms with E-state index < -0.39 is 10.0 Å². The van der Waals surface area contributed by atoms with E-state index in [4.69, 9.17) is 0 Å². The highest BCUT2D eigenvalue weighted by molar-refractivity contribution is 7.89. The van der Waals surface area contributed by atoms with Crippen LogP contribution in [0.25, 0.3) is 0 Å². The van der Waals surface area contributed by atoms with Crippen LogP contribution in [0.2, 0.25) is 0 Å². The number of hydrogen-bond acceptors (Lipinski definition) is 4. The molecule has 2 N–H and O–H groups in total. The molecule has 1 aromatic rings. The number of sulfonamides is 1. The number of para-hydroxylation sites is 1. The molecular formula is C15H21N3O2S. The Morgan fingerprint density at radius 2 is 1.95 bits per heavy atom. The number of nitrogens with zero attached hydrogens (tertiary/aromatic N) is 1. The van der Waals surface area contributed by atoms with Crippen molar-refractivity contribution in [2.75, 3.05) is 24.5 Å². The smallest absolute Gasteiger partial charge is 0.242 e. The van der Waals surface area contributed by atoms with Gasteiger partial charge in [-0.3, -0.25) is 0 Å². The number of anilines is 1. The van der Waals surface area contributed by atoms with Gasteiger partial charge >= 0.3 is 0 Å². The molecule has 2 heterocycles. The summed E-state index contributed by atoms with van der Waals surface area (Å²) in [5.74, 6) is 0.650. The van der Waals surface area contributed by atoms with Gasteiger partial charge in [0.15, 0.2) is 0 Å². The molecule has 2 aliphatic heterocycles. The summed E-state index contributed by atoms with van der Waals surface area (Å²) in [7, 11) is -3.41. The van der Waals surface area contributed by atoms with Gasteiger partial charge in [0.2, 0.25) is 10.0 Å². The Hall–Kier alpha value is -1.11. The van der Waals surface area contributed by atoms with Crippen molar-refractivity contribution in [2.24, 2.45) is 5.92 Å². The molecule has 3 aliphatic rings. The van der Waals surface area contributed by atoms with Crippen molar-refractivity contribution >= 4 is 15.7 Å². The van der Waals surface area contributed by atoms with Crippen molar-refractivity contribution in [2.45, 2.75) is 36.2 Å². The van der Waals surface area contributed by atoms with Gasteiger partial charge in [-0.05, 0) is 37.3 Å². The lowest BCUT2D eigenvalue weighted by Gasteiger charge is -2.27. The molecule has 2 atom stereocenters. The molecule has 4 rings (SSSR count). The van der Waals surface area contributed by atoms with E-state index in [-0.39, 0.29) is 6.04 Å². The first kappa shape index (κ1) is 13.5. The Labute approximate surface area is 125 Å². The Morgan fingerprint density at radius 3 is 2.76 bits per heavy atom. The Balaban J connectivity index is 1.69. The van der Waals surface area contributed by atoms with Gasteiger partial charge in [-0.2, -0.15) is 0 Å². The van der Waals surface area contributed by atoms with E-state index in [9.17, 15) is 8.42 Å². The zero-order valence-corrected chi connectivity index (χ0v) is 12.8. The van der Waals surface area contributed by atoms with Crippen LogP contribution in [0.3, 0.4) is 0 Å². The first-order valence-corrected chi connectivity index (χ1v) is 9.22. The molecule has 114 valence electrons. The summed E-state index contributed by atoms with van der Waals surface area (Å²) >= 11 is 0. The van der Waals surface area contributed by atoms with Crippen LogP contribution < -0.4 is 14.9 Å². The summed E-state index contributed by atoms with van der Waals surface area (Å²) in [4.78, 5) is 2.72. The topological polar surface area (TPSA) is 61.4 Å². The van der Waals surface area contributed by atoms with Gasteiger partial charge in [0.25, 0.3) is 0 Å². The molecular weight excluding hydrogens is 286 g/mol. The van der Waals surface area contributed by atoms with Crippen molar-refractivity contribution in [1.82, 2.24) is 10.0 Å². The molecule has 6 heteroatoms. The average Bonchev–Trinajstić information content (AvgIpc) is 3.00. The maximum atomic E-state index is 12.6. The van der Waals surface area contributed by atoms with Crippen molar-refractivity contribution in [3.63, 3.8) is 0 Å². The lowest BCUT2D eigenvalue weighted by Crippen LogP contribution is -2.36. The predicted octanol–water partition coefficient (Wildman–Crippen LogP) is 0.925. The Bertz CT molecular complexity index is 642. The Kier molecular flexibility index (Phi) is 3.20. The summed E-state index contributed by atoms with van der Waals surface area (Å²) in [6.45, 7) is 2.96. The molecule has 5 nitrogen and oxygen atoms in total.